The number of aromatic nitrogens is 1. The highest BCUT2D eigenvalue weighted by molar-refractivity contribution is 7.88. The molecule has 0 bridgehead atoms. The van der Waals surface area contributed by atoms with Crippen molar-refractivity contribution in [3.8, 4) is 0 Å². The van der Waals surface area contributed by atoms with Gasteiger partial charge < -0.3 is 4.52 Å². The molecule has 0 unspecified atom stereocenters. The molecule has 0 saturated heterocycles. The molecule has 1 aromatic carbocycles. The maximum Gasteiger partial charge on any atom is 0.216 e. The Hall–Kier alpha value is -1.66. The summed E-state index contributed by atoms with van der Waals surface area (Å²) in [4.78, 5) is 0. The molecule has 0 aliphatic rings. The monoisotopic (exact) mass is 294 g/mol. The van der Waals surface area contributed by atoms with Crippen molar-refractivity contribution in [1.82, 2.24) is 9.88 Å². The maximum absolute atomic E-state index is 12.1. The van der Waals surface area contributed by atoms with Gasteiger partial charge >= 0.3 is 0 Å². The third-order valence-electron chi connectivity index (χ3n) is 3.09. The fourth-order valence-electron chi connectivity index (χ4n) is 2.01. The molecule has 2 aromatic rings. The molecule has 1 heterocycles. The Kier molecular flexibility index (Phi) is 4.25. The number of sulfonamides is 1. The topological polar surface area (TPSA) is 72.2 Å². The minimum absolute atomic E-state index is 0.0297. The van der Waals surface area contributed by atoms with E-state index in [2.05, 4.69) is 9.88 Å². The van der Waals surface area contributed by atoms with Gasteiger partial charge in [-0.15, -0.1) is 0 Å². The SMILES string of the molecule is Cc1cccc(CS(=O)(=O)NCc2c(C)noc2C)c1. The van der Waals surface area contributed by atoms with Crippen molar-refractivity contribution in [2.24, 2.45) is 0 Å². The van der Waals surface area contributed by atoms with Gasteiger partial charge in [-0.1, -0.05) is 35.0 Å². The van der Waals surface area contributed by atoms with Crippen LogP contribution in [0, 0.1) is 20.8 Å². The molecule has 0 saturated carbocycles. The van der Waals surface area contributed by atoms with E-state index >= 15 is 0 Å². The Morgan fingerprint density at radius 1 is 1.25 bits per heavy atom. The summed E-state index contributed by atoms with van der Waals surface area (Å²) in [6.45, 7) is 5.70. The second kappa shape index (κ2) is 5.76. The highest BCUT2D eigenvalue weighted by Crippen LogP contribution is 2.13. The molecule has 0 radical (unpaired) electrons. The van der Waals surface area contributed by atoms with Crippen molar-refractivity contribution >= 4 is 10.0 Å². The van der Waals surface area contributed by atoms with Crippen LogP contribution in [-0.2, 0) is 22.3 Å². The van der Waals surface area contributed by atoms with Gasteiger partial charge in [-0.05, 0) is 26.3 Å². The van der Waals surface area contributed by atoms with Gasteiger partial charge in [0.25, 0.3) is 0 Å². The van der Waals surface area contributed by atoms with Gasteiger partial charge in [-0.2, -0.15) is 0 Å². The lowest BCUT2D eigenvalue weighted by Gasteiger charge is -2.07. The van der Waals surface area contributed by atoms with E-state index in [0.29, 0.717) is 11.5 Å². The molecule has 0 spiro atoms. The Balaban J connectivity index is 2.05. The van der Waals surface area contributed by atoms with Crippen LogP contribution in [0.25, 0.3) is 0 Å². The normalized spacial score (nSPS) is 11.8. The Bertz CT molecular complexity index is 685. The Morgan fingerprint density at radius 3 is 2.60 bits per heavy atom. The van der Waals surface area contributed by atoms with Crippen LogP contribution in [0.1, 0.15) is 28.1 Å². The standard InChI is InChI=1S/C14H18N2O3S/c1-10-5-4-6-13(7-10)9-20(17,18)15-8-14-11(2)16-19-12(14)3/h4-7,15H,8-9H2,1-3H3. The Labute approximate surface area is 119 Å². The number of hydrogen-bond donors (Lipinski definition) is 1. The molecule has 0 aliphatic heterocycles. The largest absolute Gasteiger partial charge is 0.361 e. The molecule has 1 aromatic heterocycles. The molecular weight excluding hydrogens is 276 g/mol. The summed E-state index contributed by atoms with van der Waals surface area (Å²) < 4.78 is 31.7. The zero-order valence-electron chi connectivity index (χ0n) is 11.8. The van der Waals surface area contributed by atoms with E-state index in [4.69, 9.17) is 4.52 Å². The molecule has 6 heteroatoms. The predicted octanol–water partition coefficient (Wildman–Crippen LogP) is 2.22. The smallest absolute Gasteiger partial charge is 0.216 e. The van der Waals surface area contributed by atoms with Crippen LogP contribution in [0.4, 0.5) is 0 Å². The number of rotatable bonds is 5. The fraction of sp³-hybridized carbons (Fsp3) is 0.357. The number of hydrogen-bond acceptors (Lipinski definition) is 4. The quantitative estimate of drug-likeness (QED) is 0.917. The van der Waals surface area contributed by atoms with E-state index in [-0.39, 0.29) is 12.3 Å². The lowest BCUT2D eigenvalue weighted by atomic mass is 10.2. The van der Waals surface area contributed by atoms with Crippen molar-refractivity contribution < 1.29 is 12.9 Å². The summed E-state index contributed by atoms with van der Waals surface area (Å²) in [5, 5.41) is 3.80. The maximum atomic E-state index is 12.1. The van der Waals surface area contributed by atoms with Crippen LogP contribution in [0.15, 0.2) is 28.8 Å². The first-order chi connectivity index (χ1) is 9.37. The number of nitrogens with one attached hydrogen (secondary N) is 1. The van der Waals surface area contributed by atoms with Crippen LogP contribution < -0.4 is 4.72 Å². The van der Waals surface area contributed by atoms with Gasteiger partial charge in [-0.25, -0.2) is 13.1 Å². The summed E-state index contributed by atoms with van der Waals surface area (Å²) in [5.74, 6) is 0.610. The molecule has 108 valence electrons. The van der Waals surface area contributed by atoms with Gasteiger partial charge in [0.15, 0.2) is 0 Å². The average Bonchev–Trinajstić information content (AvgIpc) is 2.66. The minimum atomic E-state index is -3.38. The third-order valence-corrected chi connectivity index (χ3v) is 4.39. The molecule has 20 heavy (non-hydrogen) atoms. The van der Waals surface area contributed by atoms with E-state index in [1.165, 1.54) is 0 Å². The summed E-state index contributed by atoms with van der Waals surface area (Å²) in [5.41, 5.74) is 3.32. The van der Waals surface area contributed by atoms with Gasteiger partial charge in [0.1, 0.15) is 5.76 Å². The lowest BCUT2D eigenvalue weighted by molar-refractivity contribution is 0.392. The molecule has 2 rings (SSSR count). The second-order valence-corrected chi connectivity index (χ2v) is 6.68. The highest BCUT2D eigenvalue weighted by Gasteiger charge is 2.15. The van der Waals surface area contributed by atoms with Crippen LogP contribution in [-0.4, -0.2) is 13.6 Å². The van der Waals surface area contributed by atoms with E-state index in [9.17, 15) is 8.42 Å². The third kappa shape index (κ3) is 3.68. The van der Waals surface area contributed by atoms with Gasteiger partial charge in [0, 0.05) is 12.1 Å². The summed E-state index contributed by atoms with van der Waals surface area (Å²) in [6, 6.07) is 7.47. The molecule has 0 aliphatic carbocycles. The highest BCUT2D eigenvalue weighted by atomic mass is 32.2. The van der Waals surface area contributed by atoms with Crippen LogP contribution >= 0.6 is 0 Å². The van der Waals surface area contributed by atoms with E-state index in [0.717, 1.165) is 16.7 Å². The van der Waals surface area contributed by atoms with Gasteiger partial charge in [0.05, 0.1) is 11.4 Å². The minimum Gasteiger partial charge on any atom is -0.361 e. The molecule has 0 fully saturated rings. The second-order valence-electron chi connectivity index (χ2n) is 4.87. The molecule has 0 atom stereocenters. The van der Waals surface area contributed by atoms with E-state index < -0.39 is 10.0 Å². The van der Waals surface area contributed by atoms with Gasteiger partial charge in [-0.3, -0.25) is 0 Å². The first kappa shape index (κ1) is 14.7. The molecule has 1 N–H and O–H groups in total. The number of nitrogens with zero attached hydrogens (tertiary/aromatic N) is 1. The zero-order valence-corrected chi connectivity index (χ0v) is 12.6. The van der Waals surface area contributed by atoms with E-state index in [1.54, 1.807) is 13.8 Å². The van der Waals surface area contributed by atoms with Crippen molar-refractivity contribution in [1.29, 1.82) is 0 Å². The van der Waals surface area contributed by atoms with Crippen molar-refractivity contribution in [3.05, 3.63) is 52.4 Å². The number of benzene rings is 1. The Morgan fingerprint density at radius 2 is 2.00 bits per heavy atom. The average molecular weight is 294 g/mol. The molecular formula is C14H18N2O3S. The van der Waals surface area contributed by atoms with Crippen LogP contribution in [0.5, 0.6) is 0 Å². The lowest BCUT2D eigenvalue weighted by Crippen LogP contribution is -2.25. The van der Waals surface area contributed by atoms with Crippen LogP contribution in [0.2, 0.25) is 0 Å². The predicted molar refractivity (Wildman–Crippen MR) is 76.6 cm³/mol. The first-order valence-corrected chi connectivity index (χ1v) is 7.97. The summed E-state index contributed by atoms with van der Waals surface area (Å²) >= 11 is 0. The summed E-state index contributed by atoms with van der Waals surface area (Å²) in [6.07, 6.45) is 0. The van der Waals surface area contributed by atoms with Crippen molar-refractivity contribution in [3.63, 3.8) is 0 Å². The van der Waals surface area contributed by atoms with Crippen molar-refractivity contribution in [2.45, 2.75) is 33.1 Å². The first-order valence-electron chi connectivity index (χ1n) is 6.32. The van der Waals surface area contributed by atoms with Gasteiger partial charge in [0.2, 0.25) is 10.0 Å². The zero-order chi connectivity index (χ0) is 14.8. The number of aryl methyl sites for hydroxylation is 3. The summed E-state index contributed by atoms with van der Waals surface area (Å²) in [7, 11) is -3.38. The van der Waals surface area contributed by atoms with Crippen molar-refractivity contribution in [2.75, 3.05) is 0 Å². The molecule has 5 nitrogen and oxygen atoms in total. The van der Waals surface area contributed by atoms with E-state index in [1.807, 2.05) is 31.2 Å². The van der Waals surface area contributed by atoms with Crippen LogP contribution in [0.3, 0.4) is 0 Å². The fourth-order valence-corrected chi connectivity index (χ4v) is 3.09. The molecule has 0 amide bonds.